The number of Topliss-reactive ketones (excluding diaryl/α,β-unsaturated/α-hetero) is 1. The maximum absolute atomic E-state index is 11.1. The molecule has 0 spiro atoms. The zero-order valence-corrected chi connectivity index (χ0v) is 9.19. The van der Waals surface area contributed by atoms with Crippen molar-refractivity contribution in [3.05, 3.63) is 0 Å². The fraction of sp³-hybridized carbons (Fsp3) is 0.857. The summed E-state index contributed by atoms with van der Waals surface area (Å²) in [7, 11) is -4.35. The van der Waals surface area contributed by atoms with Crippen LogP contribution in [0.15, 0.2) is 0 Å². The van der Waals surface area contributed by atoms with E-state index in [1.54, 1.807) is 0 Å². The molecule has 16 heavy (non-hydrogen) atoms. The summed E-state index contributed by atoms with van der Waals surface area (Å²) in [6, 6.07) is 0. The van der Waals surface area contributed by atoms with E-state index in [9.17, 15) is 9.36 Å². The minimum absolute atomic E-state index is 0.624. The molecule has 0 aromatic carbocycles. The lowest BCUT2D eigenvalue weighted by molar-refractivity contribution is -0.139. The average molecular weight is 258 g/mol. The number of carbonyl (C=O) groups excluding carboxylic acids is 1. The third kappa shape index (κ3) is 5.66. The average Bonchev–Trinajstić information content (AvgIpc) is 2.21. The molecule has 0 heterocycles. The summed E-state index contributed by atoms with van der Waals surface area (Å²) in [5, 5.41) is 35.6. The number of hydrogen-bond acceptors (Lipinski definition) is 6. The van der Waals surface area contributed by atoms with Gasteiger partial charge in [-0.3, -0.25) is 9.36 Å². The van der Waals surface area contributed by atoms with E-state index in [0.717, 1.165) is 0 Å². The first-order valence-electron chi connectivity index (χ1n) is 4.41. The number of rotatable bonds is 7. The second kappa shape index (κ2) is 6.41. The number of aliphatic hydroxyl groups is 4. The molecule has 0 aromatic heterocycles. The van der Waals surface area contributed by atoms with Crippen LogP contribution < -0.4 is 0 Å². The van der Waals surface area contributed by atoms with E-state index in [0.29, 0.717) is 0 Å². The molecule has 0 aromatic rings. The molecule has 6 N–H and O–H groups in total. The van der Waals surface area contributed by atoms with E-state index in [1.165, 1.54) is 0 Å². The predicted molar refractivity (Wildman–Crippen MR) is 51.6 cm³/mol. The second-order valence-corrected chi connectivity index (χ2v) is 5.07. The van der Waals surface area contributed by atoms with Gasteiger partial charge in [0.05, 0.1) is 12.8 Å². The number of ketones is 1. The van der Waals surface area contributed by atoms with Crippen molar-refractivity contribution >= 4 is 13.4 Å². The van der Waals surface area contributed by atoms with Crippen LogP contribution in [0.5, 0.6) is 0 Å². The summed E-state index contributed by atoms with van der Waals surface area (Å²) in [4.78, 5) is 28.0. The molecule has 0 saturated carbocycles. The standard InChI is InChI=1S/C7H15O8P/c8-3-5(10)7(12)6(11)4(9)1-2-16(13,14)15/h5-8,10-12H,1-3H2,(H2,13,14,15)/t5-,6?,7?/m1/s1. The zero-order chi connectivity index (χ0) is 12.9. The van der Waals surface area contributed by atoms with E-state index in [4.69, 9.17) is 30.2 Å². The van der Waals surface area contributed by atoms with Gasteiger partial charge in [0.1, 0.15) is 18.3 Å². The minimum Gasteiger partial charge on any atom is -0.394 e. The van der Waals surface area contributed by atoms with Crippen molar-refractivity contribution in [1.82, 2.24) is 0 Å². The molecular weight excluding hydrogens is 243 g/mol. The molecule has 0 radical (unpaired) electrons. The molecule has 2 unspecified atom stereocenters. The lowest BCUT2D eigenvalue weighted by Gasteiger charge is -2.20. The van der Waals surface area contributed by atoms with Crippen LogP contribution in [0, 0.1) is 0 Å². The Morgan fingerprint density at radius 1 is 1.19 bits per heavy atom. The summed E-state index contributed by atoms with van der Waals surface area (Å²) in [6.07, 6.45) is -6.91. The third-order valence-corrected chi connectivity index (χ3v) is 2.69. The van der Waals surface area contributed by atoms with Gasteiger partial charge in [-0.1, -0.05) is 0 Å². The van der Waals surface area contributed by atoms with E-state index in [1.807, 2.05) is 0 Å². The first-order valence-corrected chi connectivity index (χ1v) is 6.21. The first-order chi connectivity index (χ1) is 7.19. The Labute approximate surface area is 91.3 Å². The minimum atomic E-state index is -4.35. The Balaban J connectivity index is 4.23. The lowest BCUT2D eigenvalue weighted by Crippen LogP contribution is -2.44. The van der Waals surface area contributed by atoms with E-state index in [2.05, 4.69) is 0 Å². The van der Waals surface area contributed by atoms with Gasteiger partial charge in [0.25, 0.3) is 0 Å². The summed E-state index contributed by atoms with van der Waals surface area (Å²) in [5.74, 6) is -1.01. The van der Waals surface area contributed by atoms with Crippen molar-refractivity contribution < 1.29 is 39.6 Å². The monoisotopic (exact) mass is 258 g/mol. The van der Waals surface area contributed by atoms with Crippen LogP contribution in [0.25, 0.3) is 0 Å². The Morgan fingerprint density at radius 3 is 2.06 bits per heavy atom. The Kier molecular flexibility index (Phi) is 6.27. The summed E-state index contributed by atoms with van der Waals surface area (Å²) in [5.41, 5.74) is 0. The highest BCUT2D eigenvalue weighted by Gasteiger charge is 2.30. The van der Waals surface area contributed by atoms with E-state index < -0.39 is 50.9 Å². The van der Waals surface area contributed by atoms with E-state index in [-0.39, 0.29) is 0 Å². The van der Waals surface area contributed by atoms with Gasteiger partial charge >= 0.3 is 7.60 Å². The molecule has 0 rings (SSSR count). The van der Waals surface area contributed by atoms with Crippen molar-refractivity contribution in [3.63, 3.8) is 0 Å². The molecule has 8 nitrogen and oxygen atoms in total. The first kappa shape index (κ1) is 15.7. The Hall–Kier alpha value is -0.340. The quantitative estimate of drug-likeness (QED) is 0.267. The second-order valence-electron chi connectivity index (χ2n) is 3.29. The van der Waals surface area contributed by atoms with Gasteiger partial charge in [-0.15, -0.1) is 0 Å². The van der Waals surface area contributed by atoms with E-state index >= 15 is 0 Å². The molecular formula is C7H15O8P. The Bertz CT molecular complexity index is 274. The van der Waals surface area contributed by atoms with Crippen molar-refractivity contribution in [3.8, 4) is 0 Å². The molecule has 3 atom stereocenters. The molecule has 0 aliphatic carbocycles. The SMILES string of the molecule is O=C(CCP(=O)(O)O)C(O)C(O)[C@H](O)CO. The molecule has 0 aliphatic rings. The maximum atomic E-state index is 11.1. The van der Waals surface area contributed by atoms with Gasteiger partial charge in [0, 0.05) is 6.42 Å². The van der Waals surface area contributed by atoms with Crippen LogP contribution in [-0.2, 0) is 9.36 Å². The van der Waals surface area contributed by atoms with Crippen LogP contribution in [0.1, 0.15) is 6.42 Å². The van der Waals surface area contributed by atoms with Gasteiger partial charge < -0.3 is 30.2 Å². The van der Waals surface area contributed by atoms with Gasteiger partial charge in [-0.05, 0) is 0 Å². The fourth-order valence-electron chi connectivity index (χ4n) is 0.913. The highest BCUT2D eigenvalue weighted by atomic mass is 31.2. The van der Waals surface area contributed by atoms with Gasteiger partial charge in [0.15, 0.2) is 5.78 Å². The van der Waals surface area contributed by atoms with Crippen molar-refractivity contribution in [2.45, 2.75) is 24.7 Å². The number of hydrogen-bond donors (Lipinski definition) is 6. The molecule has 9 heteroatoms. The van der Waals surface area contributed by atoms with Crippen LogP contribution in [0.3, 0.4) is 0 Å². The largest absolute Gasteiger partial charge is 0.394 e. The number of carbonyl (C=O) groups is 1. The van der Waals surface area contributed by atoms with Gasteiger partial charge in [-0.2, -0.15) is 0 Å². The van der Waals surface area contributed by atoms with Crippen LogP contribution in [0.2, 0.25) is 0 Å². The third-order valence-electron chi connectivity index (χ3n) is 1.88. The van der Waals surface area contributed by atoms with Crippen LogP contribution in [0.4, 0.5) is 0 Å². The van der Waals surface area contributed by atoms with Crippen molar-refractivity contribution in [2.75, 3.05) is 12.8 Å². The maximum Gasteiger partial charge on any atom is 0.326 e. The van der Waals surface area contributed by atoms with Crippen molar-refractivity contribution in [2.24, 2.45) is 0 Å². The highest BCUT2D eigenvalue weighted by molar-refractivity contribution is 7.51. The normalized spacial score (nSPS) is 17.9. The van der Waals surface area contributed by atoms with Crippen LogP contribution in [-0.4, -0.2) is 67.1 Å². The lowest BCUT2D eigenvalue weighted by atomic mass is 10.0. The molecule has 96 valence electrons. The molecule has 0 aliphatic heterocycles. The van der Waals surface area contributed by atoms with Crippen LogP contribution >= 0.6 is 7.60 Å². The predicted octanol–water partition coefficient (Wildman–Crippen LogP) is -2.80. The topological polar surface area (TPSA) is 156 Å². The zero-order valence-electron chi connectivity index (χ0n) is 8.30. The summed E-state index contributed by atoms with van der Waals surface area (Å²) >= 11 is 0. The van der Waals surface area contributed by atoms with Gasteiger partial charge in [-0.25, -0.2) is 0 Å². The Morgan fingerprint density at radius 2 is 1.69 bits per heavy atom. The molecule has 0 amide bonds. The number of aliphatic hydroxyl groups excluding tert-OH is 4. The van der Waals surface area contributed by atoms with Gasteiger partial charge in [0.2, 0.25) is 0 Å². The summed E-state index contributed by atoms with van der Waals surface area (Å²) in [6.45, 7) is -0.843. The smallest absolute Gasteiger partial charge is 0.326 e. The highest BCUT2D eigenvalue weighted by Crippen LogP contribution is 2.35. The molecule has 0 saturated heterocycles. The summed E-state index contributed by atoms with van der Waals surface area (Å²) < 4.78 is 10.4. The fourth-order valence-corrected chi connectivity index (χ4v) is 1.42. The molecule has 0 bridgehead atoms. The molecule has 0 fully saturated rings. The van der Waals surface area contributed by atoms with Crippen molar-refractivity contribution in [1.29, 1.82) is 0 Å².